The lowest BCUT2D eigenvalue weighted by molar-refractivity contribution is 0.302. The number of nitrogens with zero attached hydrogens (tertiary/aromatic N) is 2. The summed E-state index contributed by atoms with van der Waals surface area (Å²) < 4.78 is 18.7. The van der Waals surface area contributed by atoms with Gasteiger partial charge in [0.25, 0.3) is 5.56 Å². The van der Waals surface area contributed by atoms with Gasteiger partial charge in [-0.3, -0.25) is 9.69 Å². The lowest BCUT2D eigenvalue weighted by Gasteiger charge is -2.18. The van der Waals surface area contributed by atoms with Gasteiger partial charge in [-0.1, -0.05) is 12.1 Å². The van der Waals surface area contributed by atoms with Crippen LogP contribution in [-0.4, -0.2) is 29.0 Å². The van der Waals surface area contributed by atoms with E-state index in [0.29, 0.717) is 35.6 Å². The predicted octanol–water partition coefficient (Wildman–Crippen LogP) is 2.70. The van der Waals surface area contributed by atoms with Crippen LogP contribution in [0, 0.1) is 5.82 Å². The number of methoxy groups -OCH3 is 1. The third kappa shape index (κ3) is 3.44. The van der Waals surface area contributed by atoms with Gasteiger partial charge in [-0.15, -0.1) is 0 Å². The Kier molecular flexibility index (Phi) is 4.57. The Morgan fingerprint density at radius 1 is 1.21 bits per heavy atom. The average molecular weight is 327 g/mol. The van der Waals surface area contributed by atoms with E-state index < -0.39 is 0 Å². The fraction of sp³-hybridized carbons (Fsp3) is 0.222. The standard InChI is InChI=1S/C18H18FN3O2/c1-22(10-12-9-13(19)7-8-16(12)24-2)11-17-20-15-6-4-3-5-14(15)18(23)21-17/h3-9H,10-11H2,1-2H3,(H,20,21,23). The second-order valence-electron chi connectivity index (χ2n) is 5.66. The minimum absolute atomic E-state index is 0.160. The SMILES string of the molecule is COc1ccc(F)cc1CN(C)Cc1nc2ccccc2c(=O)[nH]1. The normalized spacial score (nSPS) is 11.2. The zero-order valence-corrected chi connectivity index (χ0v) is 13.5. The molecular formula is C18H18FN3O2. The van der Waals surface area contributed by atoms with Crippen molar-refractivity contribution in [1.29, 1.82) is 0 Å². The van der Waals surface area contributed by atoms with E-state index in [9.17, 15) is 9.18 Å². The first-order valence-corrected chi connectivity index (χ1v) is 7.55. The molecule has 5 nitrogen and oxygen atoms in total. The first-order valence-electron chi connectivity index (χ1n) is 7.55. The van der Waals surface area contributed by atoms with E-state index in [2.05, 4.69) is 9.97 Å². The zero-order valence-electron chi connectivity index (χ0n) is 13.5. The van der Waals surface area contributed by atoms with Crippen LogP contribution in [0.1, 0.15) is 11.4 Å². The molecule has 0 radical (unpaired) electrons. The number of ether oxygens (including phenoxy) is 1. The average Bonchev–Trinajstić information content (AvgIpc) is 2.55. The van der Waals surface area contributed by atoms with Crippen molar-refractivity contribution in [3.63, 3.8) is 0 Å². The number of aromatic amines is 1. The quantitative estimate of drug-likeness (QED) is 0.783. The fourth-order valence-electron chi connectivity index (χ4n) is 2.68. The zero-order chi connectivity index (χ0) is 17.1. The maximum atomic E-state index is 13.5. The van der Waals surface area contributed by atoms with Crippen molar-refractivity contribution in [1.82, 2.24) is 14.9 Å². The van der Waals surface area contributed by atoms with Crippen LogP contribution < -0.4 is 10.3 Å². The molecule has 0 aliphatic heterocycles. The highest BCUT2D eigenvalue weighted by Gasteiger charge is 2.10. The van der Waals surface area contributed by atoms with E-state index in [1.54, 1.807) is 25.3 Å². The summed E-state index contributed by atoms with van der Waals surface area (Å²) in [5, 5.41) is 0.565. The molecule has 3 rings (SSSR count). The van der Waals surface area contributed by atoms with Gasteiger partial charge in [0, 0.05) is 12.1 Å². The third-order valence-corrected chi connectivity index (χ3v) is 3.76. The van der Waals surface area contributed by atoms with E-state index in [1.165, 1.54) is 12.1 Å². The summed E-state index contributed by atoms with van der Waals surface area (Å²) in [5.41, 5.74) is 1.24. The van der Waals surface area contributed by atoms with Crippen molar-refractivity contribution in [2.45, 2.75) is 13.1 Å². The molecule has 6 heteroatoms. The molecule has 0 bridgehead atoms. The number of rotatable bonds is 5. The number of benzene rings is 2. The van der Waals surface area contributed by atoms with Gasteiger partial charge >= 0.3 is 0 Å². The number of halogens is 1. The molecule has 0 aliphatic carbocycles. The van der Waals surface area contributed by atoms with Gasteiger partial charge in [-0.25, -0.2) is 9.37 Å². The summed E-state index contributed by atoms with van der Waals surface area (Å²) in [4.78, 5) is 21.3. The molecule has 24 heavy (non-hydrogen) atoms. The van der Waals surface area contributed by atoms with Gasteiger partial charge in [-0.2, -0.15) is 0 Å². The molecule has 2 aromatic carbocycles. The number of hydrogen-bond donors (Lipinski definition) is 1. The monoisotopic (exact) mass is 327 g/mol. The maximum Gasteiger partial charge on any atom is 0.258 e. The highest BCUT2D eigenvalue weighted by molar-refractivity contribution is 5.77. The first kappa shape index (κ1) is 16.1. The molecule has 3 aromatic rings. The predicted molar refractivity (Wildman–Crippen MR) is 90.5 cm³/mol. The third-order valence-electron chi connectivity index (χ3n) is 3.76. The van der Waals surface area contributed by atoms with Crippen molar-refractivity contribution in [3.05, 3.63) is 70.0 Å². The maximum absolute atomic E-state index is 13.5. The van der Waals surface area contributed by atoms with Crippen LogP contribution in [0.15, 0.2) is 47.3 Å². The number of nitrogens with one attached hydrogen (secondary N) is 1. The summed E-state index contributed by atoms with van der Waals surface area (Å²) in [7, 11) is 3.43. The van der Waals surface area contributed by atoms with Crippen molar-refractivity contribution in [2.75, 3.05) is 14.2 Å². The van der Waals surface area contributed by atoms with Crippen molar-refractivity contribution >= 4 is 10.9 Å². The van der Waals surface area contributed by atoms with Gasteiger partial charge in [0.05, 0.1) is 24.6 Å². The molecule has 0 fully saturated rings. The van der Waals surface area contributed by atoms with Crippen molar-refractivity contribution < 1.29 is 9.13 Å². The second kappa shape index (κ2) is 6.80. The Balaban J connectivity index is 1.81. The minimum atomic E-state index is -0.309. The fourth-order valence-corrected chi connectivity index (χ4v) is 2.68. The number of aromatic nitrogens is 2. The highest BCUT2D eigenvalue weighted by Crippen LogP contribution is 2.21. The summed E-state index contributed by atoms with van der Waals surface area (Å²) >= 11 is 0. The molecular weight excluding hydrogens is 309 g/mol. The van der Waals surface area contributed by atoms with Gasteiger partial charge in [-0.05, 0) is 37.4 Å². The second-order valence-corrected chi connectivity index (χ2v) is 5.66. The molecule has 1 heterocycles. The lowest BCUT2D eigenvalue weighted by Crippen LogP contribution is -2.22. The van der Waals surface area contributed by atoms with E-state index >= 15 is 0 Å². The van der Waals surface area contributed by atoms with Gasteiger partial charge in [0.1, 0.15) is 17.4 Å². The van der Waals surface area contributed by atoms with E-state index in [1.807, 2.05) is 24.1 Å². The summed E-state index contributed by atoms with van der Waals surface area (Å²) in [6.07, 6.45) is 0. The van der Waals surface area contributed by atoms with E-state index in [0.717, 1.165) is 5.56 Å². The molecule has 0 unspecified atom stereocenters. The molecule has 0 aliphatic rings. The molecule has 124 valence electrons. The van der Waals surface area contributed by atoms with Gasteiger partial charge < -0.3 is 9.72 Å². The van der Waals surface area contributed by atoms with Crippen molar-refractivity contribution in [3.8, 4) is 5.75 Å². The Hall–Kier alpha value is -2.73. The molecule has 1 aromatic heterocycles. The molecule has 0 amide bonds. The van der Waals surface area contributed by atoms with Crippen LogP contribution in [0.4, 0.5) is 4.39 Å². The first-order chi connectivity index (χ1) is 11.6. The Labute approximate surface area is 138 Å². The van der Waals surface area contributed by atoms with E-state index in [-0.39, 0.29) is 11.4 Å². The lowest BCUT2D eigenvalue weighted by atomic mass is 10.2. The van der Waals surface area contributed by atoms with Crippen molar-refractivity contribution in [2.24, 2.45) is 0 Å². The molecule has 0 saturated heterocycles. The summed E-state index contributed by atoms with van der Waals surface area (Å²) in [6.45, 7) is 0.900. The van der Waals surface area contributed by atoms with Crippen LogP contribution in [0.5, 0.6) is 5.75 Å². The van der Waals surface area contributed by atoms with Crippen LogP contribution in [0.3, 0.4) is 0 Å². The topological polar surface area (TPSA) is 58.2 Å². The minimum Gasteiger partial charge on any atom is -0.496 e. The van der Waals surface area contributed by atoms with Gasteiger partial charge in [0.15, 0.2) is 0 Å². The molecule has 0 saturated carbocycles. The molecule has 1 N–H and O–H groups in total. The molecule has 0 atom stereocenters. The largest absolute Gasteiger partial charge is 0.496 e. The Bertz CT molecular complexity index is 924. The Morgan fingerprint density at radius 3 is 2.79 bits per heavy atom. The number of H-pyrrole nitrogens is 1. The van der Waals surface area contributed by atoms with E-state index in [4.69, 9.17) is 4.74 Å². The van der Waals surface area contributed by atoms with Crippen LogP contribution in [0.25, 0.3) is 10.9 Å². The smallest absolute Gasteiger partial charge is 0.258 e. The number of fused-ring (bicyclic) bond motifs is 1. The van der Waals surface area contributed by atoms with Crippen LogP contribution >= 0.6 is 0 Å². The summed E-state index contributed by atoms with van der Waals surface area (Å²) in [5.74, 6) is 0.885. The van der Waals surface area contributed by atoms with Crippen LogP contribution in [0.2, 0.25) is 0 Å². The number of para-hydroxylation sites is 1. The van der Waals surface area contributed by atoms with Gasteiger partial charge in [0.2, 0.25) is 0 Å². The Morgan fingerprint density at radius 2 is 2.00 bits per heavy atom. The highest BCUT2D eigenvalue weighted by atomic mass is 19.1. The summed E-state index contributed by atoms with van der Waals surface area (Å²) in [6, 6.07) is 11.6. The number of hydrogen-bond acceptors (Lipinski definition) is 4. The van der Waals surface area contributed by atoms with Crippen LogP contribution in [-0.2, 0) is 13.1 Å². The molecule has 0 spiro atoms.